The fourth-order valence-corrected chi connectivity index (χ4v) is 2.60. The minimum absolute atomic E-state index is 0.205. The molecular weight excluding hydrogens is 365 g/mol. The highest BCUT2D eigenvalue weighted by molar-refractivity contribution is 6.31. The van der Waals surface area contributed by atoms with Gasteiger partial charge >= 0.3 is 0 Å². The molecule has 130 valence electrons. The summed E-state index contributed by atoms with van der Waals surface area (Å²) in [4.78, 5) is 22.7. The molecule has 0 bridgehead atoms. The Morgan fingerprint density at radius 3 is 2.84 bits per heavy atom. The lowest BCUT2D eigenvalue weighted by molar-refractivity contribution is 0.0663. The quantitative estimate of drug-likeness (QED) is 0.608. The zero-order chi connectivity index (χ0) is 17.8. The molecule has 0 spiro atoms. The molecule has 1 aromatic carbocycles. The Balaban J connectivity index is 1.83. The van der Waals surface area contributed by atoms with E-state index in [0.717, 1.165) is 0 Å². The summed E-state index contributed by atoms with van der Waals surface area (Å²) < 4.78 is 10.8. The molecule has 0 aliphatic carbocycles. The molecule has 0 saturated heterocycles. The van der Waals surface area contributed by atoms with Gasteiger partial charge < -0.3 is 14.1 Å². The van der Waals surface area contributed by atoms with Gasteiger partial charge in [0.05, 0.1) is 18.7 Å². The van der Waals surface area contributed by atoms with Crippen LogP contribution in [0.4, 0.5) is 0 Å². The average molecular weight is 380 g/mol. The molecule has 0 N–H and O–H groups in total. The third-order valence-electron chi connectivity index (χ3n) is 3.55. The van der Waals surface area contributed by atoms with E-state index in [2.05, 4.69) is 9.97 Å². The molecule has 0 saturated carbocycles. The van der Waals surface area contributed by atoms with E-state index in [1.54, 1.807) is 42.3 Å². The van der Waals surface area contributed by atoms with Gasteiger partial charge in [0, 0.05) is 24.9 Å². The van der Waals surface area contributed by atoms with Crippen molar-refractivity contribution in [1.29, 1.82) is 0 Å². The zero-order valence-corrected chi connectivity index (χ0v) is 14.9. The summed E-state index contributed by atoms with van der Waals surface area (Å²) >= 11 is 11.7. The Morgan fingerprint density at radius 1 is 1.28 bits per heavy atom. The lowest BCUT2D eigenvalue weighted by Gasteiger charge is -2.20. The van der Waals surface area contributed by atoms with Crippen LogP contribution in [0.2, 0.25) is 10.2 Å². The maximum Gasteiger partial charge on any atom is 0.255 e. The molecule has 2 heterocycles. The van der Waals surface area contributed by atoms with Crippen molar-refractivity contribution < 1.29 is 13.9 Å². The van der Waals surface area contributed by atoms with Crippen molar-refractivity contribution >= 4 is 40.2 Å². The molecule has 6 nitrogen and oxygen atoms in total. The van der Waals surface area contributed by atoms with E-state index in [9.17, 15) is 4.79 Å². The lowest BCUT2D eigenvalue weighted by Crippen LogP contribution is -2.33. The van der Waals surface area contributed by atoms with Crippen LogP contribution in [-0.4, -0.2) is 41.0 Å². The van der Waals surface area contributed by atoms with Crippen LogP contribution in [0.3, 0.4) is 0 Å². The minimum Gasteiger partial charge on any atom is -0.439 e. The third kappa shape index (κ3) is 4.28. The highest BCUT2D eigenvalue weighted by atomic mass is 35.5. The molecular formula is C17H15Cl2N3O3. The Morgan fingerprint density at radius 2 is 2.12 bits per heavy atom. The van der Waals surface area contributed by atoms with Gasteiger partial charge in [0.1, 0.15) is 10.7 Å². The first-order chi connectivity index (χ1) is 12.1. The second-order valence-electron chi connectivity index (χ2n) is 5.31. The van der Waals surface area contributed by atoms with Crippen LogP contribution >= 0.6 is 23.2 Å². The second-order valence-corrected chi connectivity index (χ2v) is 6.13. The largest absolute Gasteiger partial charge is 0.439 e. The highest BCUT2D eigenvalue weighted by Gasteiger charge is 2.19. The number of pyridine rings is 1. The summed E-state index contributed by atoms with van der Waals surface area (Å²) in [5, 5.41) is 0.905. The van der Waals surface area contributed by atoms with Crippen LogP contribution in [0.15, 0.2) is 40.9 Å². The first-order valence-electron chi connectivity index (χ1n) is 7.51. The Hall–Kier alpha value is -2.15. The SMILES string of the molecule is COCCN(Cc1nc2cc(Cl)ccc2o1)C(=O)c1ccc(Cl)nc1. The molecule has 0 unspecified atom stereocenters. The standard InChI is InChI=1S/C17H15Cl2N3O3/c1-24-7-6-22(17(23)11-2-5-15(19)20-9-11)10-16-21-13-8-12(18)3-4-14(13)25-16/h2-5,8-9H,6-7,10H2,1H3. The number of fused-ring (bicyclic) bond motifs is 1. The van der Waals surface area contributed by atoms with E-state index in [1.165, 1.54) is 6.20 Å². The van der Waals surface area contributed by atoms with Crippen molar-refractivity contribution in [1.82, 2.24) is 14.9 Å². The molecule has 8 heteroatoms. The van der Waals surface area contributed by atoms with Crippen LogP contribution in [-0.2, 0) is 11.3 Å². The predicted octanol–water partition coefficient (Wildman–Crippen LogP) is 3.82. The molecule has 1 amide bonds. The number of hydrogen-bond acceptors (Lipinski definition) is 5. The Labute approximate surface area is 154 Å². The van der Waals surface area contributed by atoms with E-state index < -0.39 is 0 Å². The van der Waals surface area contributed by atoms with E-state index in [4.69, 9.17) is 32.4 Å². The van der Waals surface area contributed by atoms with Crippen LogP contribution in [0.25, 0.3) is 11.1 Å². The van der Waals surface area contributed by atoms with Crippen LogP contribution in [0.1, 0.15) is 16.2 Å². The van der Waals surface area contributed by atoms with Gasteiger partial charge in [0.2, 0.25) is 5.89 Å². The van der Waals surface area contributed by atoms with E-state index in [1.807, 2.05) is 0 Å². The van der Waals surface area contributed by atoms with Crippen LogP contribution in [0.5, 0.6) is 0 Å². The average Bonchev–Trinajstić information content (AvgIpc) is 3.00. The smallest absolute Gasteiger partial charge is 0.255 e. The maximum absolute atomic E-state index is 12.7. The number of carbonyl (C=O) groups is 1. The summed E-state index contributed by atoms with van der Waals surface area (Å²) in [6.45, 7) is 0.980. The number of rotatable bonds is 6. The van der Waals surface area contributed by atoms with Gasteiger partial charge in [-0.25, -0.2) is 9.97 Å². The fraction of sp³-hybridized carbons (Fsp3) is 0.235. The predicted molar refractivity (Wildman–Crippen MR) is 94.9 cm³/mol. The number of hydrogen-bond donors (Lipinski definition) is 0. The number of methoxy groups -OCH3 is 1. The van der Waals surface area contributed by atoms with Crippen molar-refractivity contribution in [3.63, 3.8) is 0 Å². The highest BCUT2D eigenvalue weighted by Crippen LogP contribution is 2.21. The van der Waals surface area contributed by atoms with Crippen molar-refractivity contribution in [2.45, 2.75) is 6.54 Å². The topological polar surface area (TPSA) is 68.5 Å². The fourth-order valence-electron chi connectivity index (χ4n) is 2.32. The number of halogens is 2. The van der Waals surface area contributed by atoms with Crippen LogP contribution < -0.4 is 0 Å². The molecule has 0 aliphatic heterocycles. The number of ether oxygens (including phenoxy) is 1. The summed E-state index contributed by atoms with van der Waals surface area (Å²) in [6, 6.07) is 8.40. The second kappa shape index (κ2) is 7.82. The molecule has 0 aliphatic rings. The molecule has 0 atom stereocenters. The van der Waals surface area contributed by atoms with Crippen molar-refractivity contribution in [2.24, 2.45) is 0 Å². The number of nitrogens with zero attached hydrogens (tertiary/aromatic N) is 3. The maximum atomic E-state index is 12.7. The number of aromatic nitrogens is 2. The monoisotopic (exact) mass is 379 g/mol. The van der Waals surface area contributed by atoms with Gasteiger partial charge in [-0.1, -0.05) is 23.2 Å². The summed E-state index contributed by atoms with van der Waals surface area (Å²) in [5.41, 5.74) is 1.70. The van der Waals surface area contributed by atoms with Gasteiger partial charge in [-0.05, 0) is 30.3 Å². The van der Waals surface area contributed by atoms with Gasteiger partial charge in [-0.2, -0.15) is 0 Å². The van der Waals surface area contributed by atoms with E-state index in [-0.39, 0.29) is 12.5 Å². The number of benzene rings is 1. The first-order valence-corrected chi connectivity index (χ1v) is 8.27. The number of amides is 1. The van der Waals surface area contributed by atoms with Gasteiger partial charge in [-0.3, -0.25) is 4.79 Å². The van der Waals surface area contributed by atoms with Crippen LogP contribution in [0, 0.1) is 0 Å². The molecule has 0 radical (unpaired) electrons. The zero-order valence-electron chi connectivity index (χ0n) is 13.4. The van der Waals surface area contributed by atoms with E-state index >= 15 is 0 Å². The van der Waals surface area contributed by atoms with Gasteiger partial charge in [0.25, 0.3) is 5.91 Å². The molecule has 0 fully saturated rings. The molecule has 2 aromatic heterocycles. The van der Waals surface area contributed by atoms with Crippen molar-refractivity contribution in [3.8, 4) is 0 Å². The first kappa shape index (κ1) is 17.7. The Bertz CT molecular complexity index is 880. The minimum atomic E-state index is -0.207. The summed E-state index contributed by atoms with van der Waals surface area (Å²) in [6.07, 6.45) is 1.44. The van der Waals surface area contributed by atoms with Crippen molar-refractivity contribution in [3.05, 3.63) is 58.2 Å². The van der Waals surface area contributed by atoms with Crippen molar-refractivity contribution in [2.75, 3.05) is 20.3 Å². The summed E-state index contributed by atoms with van der Waals surface area (Å²) in [5.74, 6) is 0.213. The Kier molecular flexibility index (Phi) is 5.53. The van der Waals surface area contributed by atoms with Gasteiger partial charge in [-0.15, -0.1) is 0 Å². The molecule has 3 aromatic rings. The normalized spacial score (nSPS) is 11.0. The third-order valence-corrected chi connectivity index (χ3v) is 4.01. The van der Waals surface area contributed by atoms with Gasteiger partial charge in [0.15, 0.2) is 5.58 Å². The number of carbonyl (C=O) groups excluding carboxylic acids is 1. The van der Waals surface area contributed by atoms with E-state index in [0.29, 0.717) is 45.9 Å². The molecule has 3 rings (SSSR count). The molecule has 25 heavy (non-hydrogen) atoms. The lowest BCUT2D eigenvalue weighted by atomic mass is 10.2. The summed E-state index contributed by atoms with van der Waals surface area (Å²) in [7, 11) is 1.58. The number of oxazole rings is 1.